The first-order valence-corrected chi connectivity index (χ1v) is 6.54. The van der Waals surface area contributed by atoms with Crippen molar-refractivity contribution in [1.29, 1.82) is 0 Å². The molecule has 1 N–H and O–H groups in total. The molecular formula is C16H11N3O3. The van der Waals surface area contributed by atoms with Crippen molar-refractivity contribution in [1.82, 2.24) is 4.98 Å². The number of rotatable bonds is 3. The maximum absolute atomic E-state index is 12.2. The monoisotopic (exact) mass is 293 g/mol. The Hall–Kier alpha value is -3.28. The van der Waals surface area contributed by atoms with Crippen LogP contribution in [-0.2, 0) is 0 Å². The molecule has 6 heteroatoms. The molecule has 0 unspecified atom stereocenters. The summed E-state index contributed by atoms with van der Waals surface area (Å²) in [6.07, 6.45) is 1.55. The number of anilines is 1. The van der Waals surface area contributed by atoms with E-state index in [-0.39, 0.29) is 11.3 Å². The zero-order valence-electron chi connectivity index (χ0n) is 11.4. The van der Waals surface area contributed by atoms with Crippen LogP contribution in [0.2, 0.25) is 0 Å². The van der Waals surface area contributed by atoms with Crippen molar-refractivity contribution >= 4 is 28.2 Å². The summed E-state index contributed by atoms with van der Waals surface area (Å²) < 4.78 is 0. The number of aromatic nitrogens is 1. The summed E-state index contributed by atoms with van der Waals surface area (Å²) in [5.41, 5.74) is 1.47. The van der Waals surface area contributed by atoms with Gasteiger partial charge in [-0.05, 0) is 18.2 Å². The van der Waals surface area contributed by atoms with Gasteiger partial charge in [-0.2, -0.15) is 0 Å². The molecule has 1 amide bonds. The topological polar surface area (TPSA) is 85.1 Å². The number of carbonyl (C=O) groups excluding carboxylic acids is 1. The van der Waals surface area contributed by atoms with Gasteiger partial charge in [0.2, 0.25) is 0 Å². The number of benzene rings is 2. The molecule has 0 radical (unpaired) electrons. The van der Waals surface area contributed by atoms with E-state index in [4.69, 9.17) is 0 Å². The second-order valence-corrected chi connectivity index (χ2v) is 4.68. The summed E-state index contributed by atoms with van der Waals surface area (Å²) in [6, 6.07) is 14.9. The predicted molar refractivity (Wildman–Crippen MR) is 82.8 cm³/mol. The molecule has 3 rings (SSSR count). The molecule has 0 aliphatic rings. The first kappa shape index (κ1) is 13.7. The van der Waals surface area contributed by atoms with Crippen LogP contribution in [0, 0.1) is 10.1 Å². The number of pyridine rings is 1. The normalized spacial score (nSPS) is 10.4. The van der Waals surface area contributed by atoms with E-state index in [9.17, 15) is 14.9 Å². The molecule has 0 aliphatic heterocycles. The second-order valence-electron chi connectivity index (χ2n) is 4.68. The number of carbonyl (C=O) groups is 1. The molecule has 1 aromatic heterocycles. The van der Waals surface area contributed by atoms with Gasteiger partial charge < -0.3 is 5.32 Å². The highest BCUT2D eigenvalue weighted by Gasteiger charge is 2.12. The van der Waals surface area contributed by atoms with Crippen LogP contribution in [0.1, 0.15) is 10.4 Å². The van der Waals surface area contributed by atoms with E-state index in [1.54, 1.807) is 12.3 Å². The van der Waals surface area contributed by atoms with Gasteiger partial charge in [0.15, 0.2) is 0 Å². The lowest BCUT2D eigenvalue weighted by molar-refractivity contribution is -0.384. The highest BCUT2D eigenvalue weighted by atomic mass is 16.6. The first-order valence-electron chi connectivity index (χ1n) is 6.54. The maximum Gasteiger partial charge on any atom is 0.270 e. The lowest BCUT2D eigenvalue weighted by Gasteiger charge is -2.06. The molecule has 0 bridgehead atoms. The summed E-state index contributed by atoms with van der Waals surface area (Å²) in [7, 11) is 0. The molecule has 0 atom stereocenters. The van der Waals surface area contributed by atoms with E-state index in [1.807, 2.05) is 24.3 Å². The van der Waals surface area contributed by atoms with E-state index >= 15 is 0 Å². The summed E-state index contributed by atoms with van der Waals surface area (Å²) >= 11 is 0. The number of amides is 1. The Balaban J connectivity index is 1.86. The fraction of sp³-hybridized carbons (Fsp3) is 0. The van der Waals surface area contributed by atoms with E-state index in [0.29, 0.717) is 5.69 Å². The third-order valence-electron chi connectivity index (χ3n) is 3.17. The van der Waals surface area contributed by atoms with Crippen LogP contribution >= 0.6 is 0 Å². The number of nitro groups is 1. The van der Waals surface area contributed by atoms with Crippen LogP contribution in [0.15, 0.2) is 60.8 Å². The predicted octanol–water partition coefficient (Wildman–Crippen LogP) is 3.40. The van der Waals surface area contributed by atoms with Gasteiger partial charge >= 0.3 is 0 Å². The minimum absolute atomic E-state index is 0.121. The Morgan fingerprint density at radius 3 is 2.73 bits per heavy atom. The van der Waals surface area contributed by atoms with Gasteiger partial charge in [0.05, 0.1) is 22.3 Å². The average molecular weight is 293 g/mol. The fourth-order valence-corrected chi connectivity index (χ4v) is 2.10. The van der Waals surface area contributed by atoms with E-state index in [1.165, 1.54) is 24.3 Å². The van der Waals surface area contributed by atoms with E-state index in [0.717, 1.165) is 10.9 Å². The summed E-state index contributed by atoms with van der Waals surface area (Å²) in [4.78, 5) is 26.6. The molecule has 0 aliphatic carbocycles. The highest BCUT2D eigenvalue weighted by molar-refractivity contribution is 6.05. The van der Waals surface area contributed by atoms with Crippen molar-refractivity contribution in [2.75, 3.05) is 5.32 Å². The van der Waals surface area contributed by atoms with Crippen LogP contribution in [0.25, 0.3) is 10.9 Å². The number of nitrogens with zero attached hydrogens (tertiary/aromatic N) is 2. The van der Waals surface area contributed by atoms with Gasteiger partial charge in [-0.1, -0.05) is 24.3 Å². The van der Waals surface area contributed by atoms with Crippen molar-refractivity contribution in [3.63, 3.8) is 0 Å². The van der Waals surface area contributed by atoms with Crippen LogP contribution in [0.5, 0.6) is 0 Å². The SMILES string of the molecule is O=C(Nc1cnc2ccccc2c1)c1cccc([N+](=O)[O-])c1. The average Bonchev–Trinajstić information content (AvgIpc) is 2.55. The molecule has 3 aromatic rings. The number of nitro benzene ring substituents is 1. The highest BCUT2D eigenvalue weighted by Crippen LogP contribution is 2.18. The molecule has 0 saturated heterocycles. The van der Waals surface area contributed by atoms with Gasteiger partial charge in [0, 0.05) is 23.1 Å². The Bertz CT molecular complexity index is 877. The molecular weight excluding hydrogens is 282 g/mol. The molecule has 0 fully saturated rings. The van der Waals surface area contributed by atoms with Gasteiger partial charge in [-0.15, -0.1) is 0 Å². The van der Waals surface area contributed by atoms with Gasteiger partial charge in [0.25, 0.3) is 11.6 Å². The third kappa shape index (κ3) is 2.76. The van der Waals surface area contributed by atoms with Crippen molar-refractivity contribution in [3.8, 4) is 0 Å². The minimum Gasteiger partial charge on any atom is -0.321 e. The second kappa shape index (κ2) is 5.61. The minimum atomic E-state index is -0.533. The van der Waals surface area contributed by atoms with Crippen LogP contribution in [-0.4, -0.2) is 15.8 Å². The maximum atomic E-state index is 12.2. The first-order chi connectivity index (χ1) is 10.6. The number of para-hydroxylation sites is 1. The van der Waals surface area contributed by atoms with Crippen molar-refractivity contribution < 1.29 is 9.72 Å². The van der Waals surface area contributed by atoms with Gasteiger partial charge in [-0.25, -0.2) is 0 Å². The number of non-ortho nitro benzene ring substituents is 1. The van der Waals surface area contributed by atoms with E-state index in [2.05, 4.69) is 10.3 Å². The van der Waals surface area contributed by atoms with Crippen molar-refractivity contribution in [2.24, 2.45) is 0 Å². The molecule has 0 spiro atoms. The molecule has 22 heavy (non-hydrogen) atoms. The largest absolute Gasteiger partial charge is 0.321 e. The van der Waals surface area contributed by atoms with E-state index < -0.39 is 10.8 Å². The third-order valence-corrected chi connectivity index (χ3v) is 3.17. The molecule has 6 nitrogen and oxygen atoms in total. The zero-order valence-corrected chi connectivity index (χ0v) is 11.4. The summed E-state index contributed by atoms with van der Waals surface area (Å²) in [5.74, 6) is -0.416. The number of hydrogen-bond donors (Lipinski definition) is 1. The molecule has 0 saturated carbocycles. The van der Waals surface area contributed by atoms with Gasteiger partial charge in [-0.3, -0.25) is 19.9 Å². The molecule has 1 heterocycles. The number of hydrogen-bond acceptors (Lipinski definition) is 4. The van der Waals surface area contributed by atoms with Crippen LogP contribution < -0.4 is 5.32 Å². The Labute approximate surface area is 125 Å². The lowest BCUT2D eigenvalue weighted by Crippen LogP contribution is -2.12. The Kier molecular flexibility index (Phi) is 3.49. The Morgan fingerprint density at radius 2 is 1.91 bits per heavy atom. The van der Waals surface area contributed by atoms with Gasteiger partial charge in [0.1, 0.15) is 0 Å². The van der Waals surface area contributed by atoms with Crippen molar-refractivity contribution in [2.45, 2.75) is 0 Å². The van der Waals surface area contributed by atoms with Crippen LogP contribution in [0.3, 0.4) is 0 Å². The number of fused-ring (bicyclic) bond motifs is 1. The summed E-state index contributed by atoms with van der Waals surface area (Å²) in [5, 5.41) is 14.3. The van der Waals surface area contributed by atoms with Crippen LogP contribution in [0.4, 0.5) is 11.4 Å². The fourth-order valence-electron chi connectivity index (χ4n) is 2.10. The smallest absolute Gasteiger partial charge is 0.270 e. The Morgan fingerprint density at radius 1 is 1.09 bits per heavy atom. The number of nitrogens with one attached hydrogen (secondary N) is 1. The molecule has 2 aromatic carbocycles. The quantitative estimate of drug-likeness (QED) is 0.592. The standard InChI is InChI=1S/C16H11N3O3/c20-16(12-5-3-6-14(9-12)19(21)22)18-13-8-11-4-1-2-7-15(11)17-10-13/h1-10H,(H,18,20). The summed E-state index contributed by atoms with van der Waals surface area (Å²) in [6.45, 7) is 0. The molecule has 108 valence electrons. The van der Waals surface area contributed by atoms with Crippen molar-refractivity contribution in [3.05, 3.63) is 76.5 Å². The zero-order chi connectivity index (χ0) is 15.5. The lowest BCUT2D eigenvalue weighted by atomic mass is 10.1.